The molecule has 1 N–H and O–H groups in total. The minimum absolute atomic E-state index is 0.0242. The third-order valence-electron chi connectivity index (χ3n) is 2.24. The molecule has 0 fully saturated rings. The molecule has 0 aromatic heterocycles. The molecule has 0 aliphatic rings. The lowest BCUT2D eigenvalue weighted by Gasteiger charge is -2.15. The summed E-state index contributed by atoms with van der Waals surface area (Å²) in [6.45, 7) is 3.53. The van der Waals surface area contributed by atoms with Gasteiger partial charge in [0.15, 0.2) is 0 Å². The van der Waals surface area contributed by atoms with E-state index in [2.05, 4.69) is 5.32 Å². The topological polar surface area (TPSA) is 90.9 Å². The van der Waals surface area contributed by atoms with E-state index in [9.17, 15) is 14.2 Å². The Morgan fingerprint density at radius 1 is 1.37 bits per heavy atom. The van der Waals surface area contributed by atoms with Crippen molar-refractivity contribution < 1.29 is 27.9 Å². The highest BCUT2D eigenvalue weighted by atomic mass is 31.2. The number of hydrogen-bond donors (Lipinski definition) is 1. The predicted octanol–water partition coefficient (Wildman–Crippen LogP) is 1.10. The first-order valence-electron chi connectivity index (χ1n) is 5.66. The number of allylic oxidation sites excluding steroid dienone is 1. The summed E-state index contributed by atoms with van der Waals surface area (Å²) in [7, 11) is -0.631. The summed E-state index contributed by atoms with van der Waals surface area (Å²) in [6.07, 6.45) is 1.88. The maximum Gasteiger partial charge on any atom is 0.334 e. The van der Waals surface area contributed by atoms with Gasteiger partial charge in [-0.25, -0.2) is 4.79 Å². The van der Waals surface area contributed by atoms with Crippen LogP contribution < -0.4 is 5.32 Å². The van der Waals surface area contributed by atoms with E-state index < -0.39 is 19.6 Å². The molecule has 110 valence electrons. The molecule has 0 aromatic rings. The smallest absolute Gasteiger partial charge is 0.334 e. The average molecular weight is 293 g/mol. The van der Waals surface area contributed by atoms with Crippen LogP contribution in [0.5, 0.6) is 0 Å². The Morgan fingerprint density at radius 3 is 2.37 bits per heavy atom. The van der Waals surface area contributed by atoms with Crippen molar-refractivity contribution in [3.8, 4) is 0 Å². The number of carbonyl (C=O) groups excluding carboxylic acids is 2. The van der Waals surface area contributed by atoms with Gasteiger partial charge in [-0.1, -0.05) is 11.6 Å². The molecule has 1 unspecified atom stereocenters. The van der Waals surface area contributed by atoms with Gasteiger partial charge in [0.1, 0.15) is 6.04 Å². The van der Waals surface area contributed by atoms with Crippen LogP contribution in [0.4, 0.5) is 0 Å². The highest BCUT2D eigenvalue weighted by Crippen LogP contribution is 2.47. The molecule has 8 heteroatoms. The SMILES string of the molecule is CCOC(=O)C(/C=C(\C)CP(=O)(OC)OC)NC=O. The van der Waals surface area contributed by atoms with E-state index in [4.69, 9.17) is 13.8 Å². The van der Waals surface area contributed by atoms with E-state index in [1.165, 1.54) is 20.3 Å². The fourth-order valence-electron chi connectivity index (χ4n) is 1.34. The Balaban J connectivity index is 4.87. The second kappa shape index (κ2) is 8.85. The Hall–Kier alpha value is -1.17. The molecule has 0 aromatic carbocycles. The summed E-state index contributed by atoms with van der Waals surface area (Å²) in [5, 5.41) is 2.32. The number of amides is 1. The van der Waals surface area contributed by atoms with Crippen molar-refractivity contribution in [3.63, 3.8) is 0 Å². The van der Waals surface area contributed by atoms with Crippen molar-refractivity contribution in [2.75, 3.05) is 27.0 Å². The van der Waals surface area contributed by atoms with Crippen molar-refractivity contribution in [3.05, 3.63) is 11.6 Å². The van der Waals surface area contributed by atoms with E-state index in [0.717, 1.165) is 0 Å². The van der Waals surface area contributed by atoms with Crippen LogP contribution in [-0.2, 0) is 27.9 Å². The Kier molecular flexibility index (Phi) is 8.30. The lowest BCUT2D eigenvalue weighted by molar-refractivity contribution is -0.145. The van der Waals surface area contributed by atoms with Crippen LogP contribution in [0.2, 0.25) is 0 Å². The summed E-state index contributed by atoms with van der Waals surface area (Å²) in [6, 6.07) is -0.917. The number of hydrogen-bond acceptors (Lipinski definition) is 6. The van der Waals surface area contributed by atoms with Crippen LogP contribution in [0.3, 0.4) is 0 Å². The second-order valence-electron chi connectivity index (χ2n) is 3.66. The monoisotopic (exact) mass is 293 g/mol. The van der Waals surface area contributed by atoms with Gasteiger partial charge in [-0.15, -0.1) is 0 Å². The molecule has 0 aliphatic carbocycles. The van der Waals surface area contributed by atoms with Crippen LogP contribution in [0.1, 0.15) is 13.8 Å². The van der Waals surface area contributed by atoms with E-state index >= 15 is 0 Å². The molecule has 1 atom stereocenters. The largest absolute Gasteiger partial charge is 0.464 e. The summed E-state index contributed by atoms with van der Waals surface area (Å²) in [4.78, 5) is 22.0. The number of nitrogens with one attached hydrogen (secondary N) is 1. The predicted molar refractivity (Wildman–Crippen MR) is 69.9 cm³/mol. The van der Waals surface area contributed by atoms with Gasteiger partial charge in [-0.05, 0) is 13.8 Å². The fourth-order valence-corrected chi connectivity index (χ4v) is 2.46. The normalized spacial score (nSPS) is 13.8. The quantitative estimate of drug-likeness (QED) is 0.296. The molecule has 0 spiro atoms. The molecule has 0 saturated carbocycles. The van der Waals surface area contributed by atoms with Crippen LogP contribution in [0.25, 0.3) is 0 Å². The molecule has 0 saturated heterocycles. The van der Waals surface area contributed by atoms with Crippen LogP contribution in [-0.4, -0.2) is 45.4 Å². The van der Waals surface area contributed by atoms with Gasteiger partial charge >= 0.3 is 13.6 Å². The van der Waals surface area contributed by atoms with Crippen molar-refractivity contribution in [2.45, 2.75) is 19.9 Å². The van der Waals surface area contributed by atoms with Crippen LogP contribution >= 0.6 is 7.60 Å². The summed E-state index contributed by atoms with van der Waals surface area (Å²) in [5.41, 5.74) is 0.583. The van der Waals surface area contributed by atoms with E-state index in [-0.39, 0.29) is 12.8 Å². The van der Waals surface area contributed by atoms with E-state index in [0.29, 0.717) is 12.0 Å². The first kappa shape index (κ1) is 17.8. The molecule has 7 nitrogen and oxygen atoms in total. The van der Waals surface area contributed by atoms with Crippen molar-refractivity contribution >= 4 is 20.0 Å². The fraction of sp³-hybridized carbons (Fsp3) is 0.636. The maximum atomic E-state index is 11.9. The third kappa shape index (κ3) is 6.52. The molecular weight excluding hydrogens is 273 g/mol. The summed E-state index contributed by atoms with van der Waals surface area (Å²) < 4.78 is 26.3. The number of rotatable bonds is 9. The van der Waals surface area contributed by atoms with Crippen LogP contribution in [0.15, 0.2) is 11.6 Å². The lowest BCUT2D eigenvalue weighted by Crippen LogP contribution is -2.36. The van der Waals surface area contributed by atoms with Crippen molar-refractivity contribution in [1.82, 2.24) is 5.32 Å². The molecule has 19 heavy (non-hydrogen) atoms. The minimum Gasteiger partial charge on any atom is -0.464 e. The molecule has 0 heterocycles. The van der Waals surface area contributed by atoms with Crippen molar-refractivity contribution in [2.24, 2.45) is 0 Å². The lowest BCUT2D eigenvalue weighted by atomic mass is 10.2. The van der Waals surface area contributed by atoms with Gasteiger partial charge in [-0.3, -0.25) is 9.36 Å². The summed E-state index contributed by atoms with van der Waals surface area (Å²) in [5.74, 6) is -0.585. The van der Waals surface area contributed by atoms with Crippen molar-refractivity contribution in [1.29, 1.82) is 0 Å². The Bertz CT molecular complexity index is 373. The Labute approximate surface area is 112 Å². The standard InChI is InChI=1S/C11H20NO6P/c1-5-18-11(14)10(12-8-13)6-9(2)7-19(15,16-3)17-4/h6,8,10H,5,7H2,1-4H3,(H,12,13)/b9-6+. The van der Waals surface area contributed by atoms with Gasteiger partial charge in [0, 0.05) is 14.2 Å². The highest BCUT2D eigenvalue weighted by molar-refractivity contribution is 7.54. The maximum absolute atomic E-state index is 11.9. The molecule has 0 aliphatic heterocycles. The zero-order valence-electron chi connectivity index (χ0n) is 11.5. The molecule has 0 rings (SSSR count). The zero-order chi connectivity index (χ0) is 14.9. The van der Waals surface area contributed by atoms with Gasteiger partial charge in [0.2, 0.25) is 6.41 Å². The first-order valence-corrected chi connectivity index (χ1v) is 7.39. The highest BCUT2D eigenvalue weighted by Gasteiger charge is 2.23. The van der Waals surface area contributed by atoms with Gasteiger partial charge in [0.25, 0.3) is 0 Å². The molecule has 0 bridgehead atoms. The minimum atomic E-state index is -3.19. The number of carbonyl (C=O) groups is 2. The van der Waals surface area contributed by atoms with Gasteiger partial charge in [0.05, 0.1) is 12.8 Å². The van der Waals surface area contributed by atoms with Crippen LogP contribution in [0, 0.1) is 0 Å². The number of ether oxygens (including phenoxy) is 1. The molecular formula is C11H20NO6P. The van der Waals surface area contributed by atoms with Gasteiger partial charge in [-0.2, -0.15) is 0 Å². The third-order valence-corrected chi connectivity index (χ3v) is 4.24. The average Bonchev–Trinajstić information content (AvgIpc) is 2.38. The first-order chi connectivity index (χ1) is 8.92. The second-order valence-corrected chi connectivity index (χ2v) is 5.93. The number of esters is 1. The summed E-state index contributed by atoms with van der Waals surface area (Å²) >= 11 is 0. The van der Waals surface area contributed by atoms with E-state index in [1.807, 2.05) is 0 Å². The molecule has 0 radical (unpaired) electrons. The molecule has 1 amide bonds. The Morgan fingerprint density at radius 2 is 1.95 bits per heavy atom. The van der Waals surface area contributed by atoms with E-state index in [1.54, 1.807) is 13.8 Å². The zero-order valence-corrected chi connectivity index (χ0v) is 12.4. The van der Waals surface area contributed by atoms with Gasteiger partial charge < -0.3 is 19.1 Å².